The zero-order chi connectivity index (χ0) is 17.1. The van der Waals surface area contributed by atoms with Crippen molar-refractivity contribution in [2.45, 2.75) is 79.6 Å². The number of hydrogen-bond donors (Lipinski definition) is 0. The number of rotatable bonds is 12. The van der Waals surface area contributed by atoms with Crippen LogP contribution in [-0.2, 0) is 0 Å². The van der Waals surface area contributed by atoms with Gasteiger partial charge in [-0.1, -0.05) is 83.9 Å². The van der Waals surface area contributed by atoms with E-state index < -0.39 is 0 Å². The normalized spacial score (nSPS) is 14.0. The maximum Gasteiger partial charge on any atom is 0.119 e. The second kappa shape index (κ2) is 11.5. The van der Waals surface area contributed by atoms with Gasteiger partial charge in [-0.2, -0.15) is 0 Å². The fraction of sp³-hybridized carbons (Fsp3) is 0.727. The van der Waals surface area contributed by atoms with Crippen LogP contribution < -0.4 is 4.74 Å². The van der Waals surface area contributed by atoms with Gasteiger partial charge >= 0.3 is 0 Å². The highest BCUT2D eigenvalue weighted by Gasteiger charge is 2.07. The van der Waals surface area contributed by atoms with Gasteiger partial charge < -0.3 is 4.74 Å². The van der Waals surface area contributed by atoms with E-state index >= 15 is 0 Å². The largest absolute Gasteiger partial charge is 0.494 e. The quantitative estimate of drug-likeness (QED) is 0.402. The molecule has 1 aromatic carbocycles. The average molecular weight is 319 g/mol. The van der Waals surface area contributed by atoms with Crippen LogP contribution in [0.5, 0.6) is 5.75 Å². The summed E-state index contributed by atoms with van der Waals surface area (Å²) in [5.41, 5.74) is 1.29. The first-order valence-corrected chi connectivity index (χ1v) is 9.66. The molecule has 1 heteroatoms. The monoisotopic (exact) mass is 318 g/mol. The minimum absolute atomic E-state index is 0.767. The molecule has 2 atom stereocenters. The van der Waals surface area contributed by atoms with Gasteiger partial charge in [0.2, 0.25) is 0 Å². The van der Waals surface area contributed by atoms with Crippen LogP contribution in [0.25, 0.3) is 0 Å². The standard InChI is InChI=1S/C22H38O/c1-18(2)8-6-9-19(3)10-7-11-20(4)16-17-23-22-14-12-21(5)13-15-22/h12-15,18-20H,6-11,16-17H2,1-5H3. The first-order chi connectivity index (χ1) is 11.0. The Hall–Kier alpha value is -0.980. The van der Waals surface area contributed by atoms with Gasteiger partial charge in [0.15, 0.2) is 0 Å². The summed E-state index contributed by atoms with van der Waals surface area (Å²) < 4.78 is 5.83. The molecule has 132 valence electrons. The van der Waals surface area contributed by atoms with Crippen LogP contribution in [0.2, 0.25) is 0 Å². The summed E-state index contributed by atoms with van der Waals surface area (Å²) in [6.07, 6.45) is 9.45. The summed E-state index contributed by atoms with van der Waals surface area (Å²) in [5.74, 6) is 3.52. The van der Waals surface area contributed by atoms with Gasteiger partial charge in [0.05, 0.1) is 6.61 Å². The summed E-state index contributed by atoms with van der Waals surface area (Å²) >= 11 is 0. The van der Waals surface area contributed by atoms with Gasteiger partial charge in [-0.3, -0.25) is 0 Å². The summed E-state index contributed by atoms with van der Waals surface area (Å²) in [6.45, 7) is 12.4. The van der Waals surface area contributed by atoms with Gasteiger partial charge in [-0.15, -0.1) is 0 Å². The van der Waals surface area contributed by atoms with Crippen LogP contribution in [0.4, 0.5) is 0 Å². The van der Waals surface area contributed by atoms with Gasteiger partial charge in [0.25, 0.3) is 0 Å². The van der Waals surface area contributed by atoms with E-state index in [4.69, 9.17) is 4.74 Å². The molecule has 1 rings (SSSR count). The minimum atomic E-state index is 0.767. The van der Waals surface area contributed by atoms with Crippen molar-refractivity contribution >= 4 is 0 Å². The Morgan fingerprint density at radius 3 is 1.83 bits per heavy atom. The van der Waals surface area contributed by atoms with E-state index in [1.807, 2.05) is 0 Å². The number of aryl methyl sites for hydroxylation is 1. The second-order valence-electron chi connectivity index (χ2n) is 7.92. The molecule has 0 saturated carbocycles. The van der Waals surface area contributed by atoms with E-state index in [0.717, 1.165) is 36.5 Å². The van der Waals surface area contributed by atoms with Crippen LogP contribution in [0.1, 0.15) is 78.2 Å². The average Bonchev–Trinajstić information content (AvgIpc) is 2.49. The smallest absolute Gasteiger partial charge is 0.119 e. The van der Waals surface area contributed by atoms with Crippen LogP contribution in [-0.4, -0.2) is 6.61 Å². The second-order valence-corrected chi connectivity index (χ2v) is 7.92. The molecule has 1 aromatic rings. The number of ether oxygens (including phenoxy) is 1. The van der Waals surface area contributed by atoms with Crippen LogP contribution in [0.15, 0.2) is 24.3 Å². The third kappa shape index (κ3) is 10.4. The van der Waals surface area contributed by atoms with Crippen molar-refractivity contribution in [3.63, 3.8) is 0 Å². The molecule has 0 heterocycles. The highest BCUT2D eigenvalue weighted by molar-refractivity contribution is 5.26. The maximum absolute atomic E-state index is 5.83. The fourth-order valence-electron chi connectivity index (χ4n) is 2.99. The van der Waals surface area contributed by atoms with E-state index in [0.29, 0.717) is 0 Å². The molecule has 0 spiro atoms. The summed E-state index contributed by atoms with van der Waals surface area (Å²) in [5, 5.41) is 0. The molecule has 0 aliphatic rings. The molecule has 0 aromatic heterocycles. The summed E-state index contributed by atoms with van der Waals surface area (Å²) in [4.78, 5) is 0. The lowest BCUT2D eigenvalue weighted by Crippen LogP contribution is -2.05. The Morgan fingerprint density at radius 2 is 1.26 bits per heavy atom. The topological polar surface area (TPSA) is 9.23 Å². The van der Waals surface area contributed by atoms with Crippen LogP contribution >= 0.6 is 0 Å². The van der Waals surface area contributed by atoms with E-state index in [2.05, 4.69) is 58.9 Å². The molecule has 0 amide bonds. The number of benzene rings is 1. The molecule has 1 nitrogen and oxygen atoms in total. The van der Waals surface area contributed by atoms with Crippen molar-refractivity contribution in [1.29, 1.82) is 0 Å². The Labute approximate surface area is 144 Å². The Morgan fingerprint density at radius 1 is 0.739 bits per heavy atom. The van der Waals surface area contributed by atoms with Crippen molar-refractivity contribution in [2.24, 2.45) is 17.8 Å². The zero-order valence-corrected chi connectivity index (χ0v) is 16.1. The van der Waals surface area contributed by atoms with Crippen molar-refractivity contribution < 1.29 is 4.74 Å². The molecule has 0 fully saturated rings. The van der Waals surface area contributed by atoms with Crippen molar-refractivity contribution in [1.82, 2.24) is 0 Å². The molecule has 0 saturated heterocycles. The van der Waals surface area contributed by atoms with Crippen LogP contribution in [0, 0.1) is 24.7 Å². The molecule has 0 radical (unpaired) electrons. The molecular formula is C22H38O. The molecule has 23 heavy (non-hydrogen) atoms. The lowest BCUT2D eigenvalue weighted by Gasteiger charge is -2.15. The Balaban J connectivity index is 2.03. The molecular weight excluding hydrogens is 280 g/mol. The maximum atomic E-state index is 5.83. The third-order valence-corrected chi connectivity index (χ3v) is 4.77. The van der Waals surface area contributed by atoms with Crippen molar-refractivity contribution in [2.75, 3.05) is 6.61 Å². The molecule has 0 aliphatic carbocycles. The van der Waals surface area contributed by atoms with Crippen LogP contribution in [0.3, 0.4) is 0 Å². The van der Waals surface area contributed by atoms with Gasteiger partial charge in [-0.25, -0.2) is 0 Å². The van der Waals surface area contributed by atoms with E-state index in [1.54, 1.807) is 0 Å². The van der Waals surface area contributed by atoms with Gasteiger partial charge in [0.1, 0.15) is 5.75 Å². The first-order valence-electron chi connectivity index (χ1n) is 9.66. The summed E-state index contributed by atoms with van der Waals surface area (Å²) in [6, 6.07) is 8.36. The lowest BCUT2D eigenvalue weighted by molar-refractivity contribution is 0.274. The van der Waals surface area contributed by atoms with Crippen molar-refractivity contribution in [3.8, 4) is 5.75 Å². The van der Waals surface area contributed by atoms with E-state index in [1.165, 1.54) is 44.1 Å². The fourth-order valence-corrected chi connectivity index (χ4v) is 2.99. The van der Waals surface area contributed by atoms with Gasteiger partial charge in [-0.05, 0) is 43.2 Å². The Bertz CT molecular complexity index is 393. The highest BCUT2D eigenvalue weighted by Crippen LogP contribution is 2.20. The Kier molecular flexibility index (Phi) is 10.1. The molecule has 2 unspecified atom stereocenters. The zero-order valence-electron chi connectivity index (χ0n) is 16.1. The summed E-state index contributed by atoms with van der Waals surface area (Å²) in [7, 11) is 0. The lowest BCUT2D eigenvalue weighted by atomic mass is 9.93. The van der Waals surface area contributed by atoms with Gasteiger partial charge in [0, 0.05) is 0 Å². The first kappa shape index (κ1) is 20.1. The van der Waals surface area contributed by atoms with Crippen molar-refractivity contribution in [3.05, 3.63) is 29.8 Å². The predicted molar refractivity (Wildman–Crippen MR) is 102 cm³/mol. The molecule has 0 bridgehead atoms. The SMILES string of the molecule is Cc1ccc(OCCC(C)CCCC(C)CCCC(C)C)cc1. The molecule has 0 aliphatic heterocycles. The minimum Gasteiger partial charge on any atom is -0.494 e. The molecule has 0 N–H and O–H groups in total. The highest BCUT2D eigenvalue weighted by atomic mass is 16.5. The van der Waals surface area contributed by atoms with E-state index in [9.17, 15) is 0 Å². The third-order valence-electron chi connectivity index (χ3n) is 4.77. The number of hydrogen-bond acceptors (Lipinski definition) is 1. The predicted octanol–water partition coefficient (Wildman–Crippen LogP) is 7.03. The van der Waals surface area contributed by atoms with E-state index in [-0.39, 0.29) is 0 Å².